The lowest BCUT2D eigenvalue weighted by atomic mass is 10.0. The van der Waals surface area contributed by atoms with Crippen molar-refractivity contribution in [3.05, 3.63) is 82.9 Å². The molecule has 27 heavy (non-hydrogen) atoms. The molecule has 1 heterocycles. The second-order valence-corrected chi connectivity index (χ2v) is 10.4. The van der Waals surface area contributed by atoms with E-state index in [1.807, 2.05) is 13.8 Å². The average molecular weight is 398 g/mol. The Morgan fingerprint density at radius 3 is 1.81 bits per heavy atom. The minimum Gasteiger partial charge on any atom is -0.382 e. The van der Waals surface area contributed by atoms with Gasteiger partial charge in [0.25, 0.3) is 0 Å². The lowest BCUT2D eigenvalue weighted by Gasteiger charge is -2.20. The van der Waals surface area contributed by atoms with Gasteiger partial charge >= 0.3 is 10.1 Å². The van der Waals surface area contributed by atoms with Crippen LogP contribution in [0.4, 0.5) is 0 Å². The highest BCUT2D eigenvalue weighted by Crippen LogP contribution is 2.42. The molecule has 0 fully saturated rings. The number of hydrogen-bond donors (Lipinski definition) is 0. The smallest absolute Gasteiger partial charge is 0.306 e. The van der Waals surface area contributed by atoms with Crippen LogP contribution in [0.25, 0.3) is 0 Å². The van der Waals surface area contributed by atoms with Crippen LogP contribution in [0.3, 0.4) is 0 Å². The highest BCUT2D eigenvalue weighted by Gasteiger charge is 2.37. The number of fused-ring (bicyclic) bond motifs is 2. The monoisotopic (exact) mass is 397 g/mol. The van der Waals surface area contributed by atoms with E-state index in [2.05, 4.69) is 60.7 Å². The van der Waals surface area contributed by atoms with Crippen molar-refractivity contribution in [2.75, 3.05) is 6.26 Å². The summed E-state index contributed by atoms with van der Waals surface area (Å²) in [5, 5.41) is 0. The van der Waals surface area contributed by atoms with Gasteiger partial charge in [0.1, 0.15) is 5.75 Å². The summed E-state index contributed by atoms with van der Waals surface area (Å²) in [6, 6.07) is 21.3. The predicted octanol–water partition coefficient (Wildman–Crippen LogP) is 4.64. The fourth-order valence-electron chi connectivity index (χ4n) is 3.59. The topological polar surface area (TPSA) is 43.4 Å². The first-order valence-corrected chi connectivity index (χ1v) is 11.8. The van der Waals surface area contributed by atoms with Crippen molar-refractivity contribution in [3.8, 4) is 5.75 Å². The fourth-order valence-corrected chi connectivity index (χ4v) is 6.72. The summed E-state index contributed by atoms with van der Waals surface area (Å²) in [6.45, 7) is 3.81. The van der Waals surface area contributed by atoms with Crippen molar-refractivity contribution < 1.29 is 12.6 Å². The Morgan fingerprint density at radius 2 is 1.33 bits per heavy atom. The lowest BCUT2D eigenvalue weighted by Crippen LogP contribution is -2.16. The highest BCUT2D eigenvalue weighted by molar-refractivity contribution is 7.97. The van der Waals surface area contributed by atoms with E-state index in [0.29, 0.717) is 5.75 Å². The summed E-state index contributed by atoms with van der Waals surface area (Å²) in [5.41, 5.74) is 4.38. The molecule has 0 saturated carbocycles. The zero-order chi connectivity index (χ0) is 19.2. The molecule has 0 unspecified atom stereocenters. The lowest BCUT2D eigenvalue weighted by molar-refractivity contribution is 0.488. The number of rotatable bonds is 3. The second kappa shape index (κ2) is 6.73. The summed E-state index contributed by atoms with van der Waals surface area (Å²) in [4.78, 5) is 3.86. The molecule has 0 bridgehead atoms. The van der Waals surface area contributed by atoms with Crippen LogP contribution in [-0.2, 0) is 27.4 Å². The fraction of sp³-hybridized carbons (Fsp3) is 0.182. The molecule has 4 rings (SSSR count). The molecule has 1 aliphatic rings. The Morgan fingerprint density at radius 1 is 0.852 bits per heavy atom. The van der Waals surface area contributed by atoms with E-state index in [0.717, 1.165) is 23.8 Å². The molecule has 0 N–H and O–H groups in total. The van der Waals surface area contributed by atoms with Crippen LogP contribution >= 0.6 is 0 Å². The molecule has 0 aromatic heterocycles. The van der Waals surface area contributed by atoms with Crippen LogP contribution in [0.1, 0.15) is 22.3 Å². The summed E-state index contributed by atoms with van der Waals surface area (Å²) in [6.07, 6.45) is 2.03. The van der Waals surface area contributed by atoms with Crippen molar-refractivity contribution in [2.24, 2.45) is 0 Å². The average Bonchev–Trinajstić information content (AvgIpc) is 2.61. The maximum atomic E-state index is 11.6. The molecule has 0 spiro atoms. The molecule has 0 saturated heterocycles. The molecule has 0 aliphatic carbocycles. The Balaban J connectivity index is 1.89. The first kappa shape index (κ1) is 18.1. The van der Waals surface area contributed by atoms with E-state index in [4.69, 9.17) is 4.18 Å². The largest absolute Gasteiger partial charge is 0.382 e. The second-order valence-electron chi connectivity index (χ2n) is 6.87. The molecule has 5 heteroatoms. The molecule has 0 amide bonds. The van der Waals surface area contributed by atoms with Gasteiger partial charge in [-0.25, -0.2) is 0 Å². The minimum atomic E-state index is -3.55. The molecular formula is C22H21O3S2+. The van der Waals surface area contributed by atoms with E-state index in [1.165, 1.54) is 25.8 Å². The maximum Gasteiger partial charge on any atom is 0.306 e. The Hall–Kier alpha value is -2.24. The number of aryl methyl sites for hydroxylation is 2. The van der Waals surface area contributed by atoms with Gasteiger partial charge < -0.3 is 4.18 Å². The van der Waals surface area contributed by atoms with Gasteiger partial charge in [0, 0.05) is 29.7 Å². The third kappa shape index (κ3) is 3.49. The summed E-state index contributed by atoms with van der Waals surface area (Å²) in [7, 11) is -3.77. The zero-order valence-electron chi connectivity index (χ0n) is 15.5. The van der Waals surface area contributed by atoms with Crippen LogP contribution in [0.2, 0.25) is 0 Å². The van der Waals surface area contributed by atoms with Crippen LogP contribution in [0, 0.1) is 13.8 Å². The van der Waals surface area contributed by atoms with Crippen LogP contribution in [0.15, 0.2) is 75.4 Å². The van der Waals surface area contributed by atoms with E-state index >= 15 is 0 Å². The van der Waals surface area contributed by atoms with E-state index < -0.39 is 10.1 Å². The molecule has 3 nitrogen and oxygen atoms in total. The highest BCUT2D eigenvalue weighted by atomic mass is 32.2. The minimum absolute atomic E-state index is 0.215. The molecule has 3 aromatic rings. The first-order chi connectivity index (χ1) is 12.8. The van der Waals surface area contributed by atoms with Crippen LogP contribution in [-0.4, -0.2) is 14.7 Å². The number of benzene rings is 3. The third-order valence-electron chi connectivity index (χ3n) is 4.67. The maximum absolute atomic E-state index is 11.6. The SMILES string of the molecule is Cc1cc([S+]2c3ccccc3Cc3ccccc32)cc(C)c1OS(C)(=O)=O. The van der Waals surface area contributed by atoms with Gasteiger partial charge in [-0.1, -0.05) is 36.4 Å². The predicted molar refractivity (Wildman–Crippen MR) is 109 cm³/mol. The molecule has 3 aromatic carbocycles. The molecule has 138 valence electrons. The zero-order valence-corrected chi connectivity index (χ0v) is 17.2. The van der Waals surface area contributed by atoms with Crippen molar-refractivity contribution in [3.63, 3.8) is 0 Å². The van der Waals surface area contributed by atoms with E-state index in [1.54, 1.807) is 0 Å². The quantitative estimate of drug-likeness (QED) is 0.374. The van der Waals surface area contributed by atoms with Gasteiger partial charge in [-0.3, -0.25) is 0 Å². The molecule has 1 aliphatic heterocycles. The van der Waals surface area contributed by atoms with Crippen molar-refractivity contribution >= 4 is 21.0 Å². The third-order valence-corrected chi connectivity index (χ3v) is 7.52. The standard InChI is InChI=1S/C22H21O3S2/c1-15-12-19(13-16(2)22(15)25-27(3,23)24)26-20-10-6-4-8-17(20)14-18-9-5-7-11-21(18)26/h4-13H,14H2,1-3H3/q+1. The number of hydrogen-bond acceptors (Lipinski definition) is 3. The van der Waals surface area contributed by atoms with E-state index in [9.17, 15) is 8.42 Å². The first-order valence-electron chi connectivity index (χ1n) is 8.74. The summed E-state index contributed by atoms with van der Waals surface area (Å²) in [5.74, 6) is 0.434. The summed E-state index contributed by atoms with van der Waals surface area (Å²) < 4.78 is 28.4. The molecule has 0 radical (unpaired) electrons. The van der Waals surface area contributed by atoms with Gasteiger partial charge in [0.05, 0.1) is 17.2 Å². The normalized spacial score (nSPS) is 13.7. The van der Waals surface area contributed by atoms with Crippen LogP contribution < -0.4 is 4.18 Å². The van der Waals surface area contributed by atoms with Crippen molar-refractivity contribution in [2.45, 2.75) is 35.0 Å². The van der Waals surface area contributed by atoms with Crippen molar-refractivity contribution in [1.29, 1.82) is 0 Å². The van der Waals surface area contributed by atoms with Gasteiger partial charge in [-0.05, 0) is 37.1 Å². The Kier molecular flexibility index (Phi) is 4.52. The van der Waals surface area contributed by atoms with E-state index in [-0.39, 0.29) is 10.9 Å². The van der Waals surface area contributed by atoms with Crippen LogP contribution in [0.5, 0.6) is 5.75 Å². The van der Waals surface area contributed by atoms with Gasteiger partial charge in [-0.15, -0.1) is 0 Å². The molecular weight excluding hydrogens is 376 g/mol. The van der Waals surface area contributed by atoms with Crippen molar-refractivity contribution in [1.82, 2.24) is 0 Å². The van der Waals surface area contributed by atoms with Gasteiger partial charge in [0.15, 0.2) is 14.7 Å². The summed E-state index contributed by atoms with van der Waals surface area (Å²) >= 11 is 0. The Bertz CT molecular complexity index is 1070. The van der Waals surface area contributed by atoms with Gasteiger partial charge in [0.2, 0.25) is 0 Å². The Labute approximate surface area is 163 Å². The molecule has 0 atom stereocenters. The van der Waals surface area contributed by atoms with Gasteiger partial charge in [-0.2, -0.15) is 8.42 Å².